The van der Waals surface area contributed by atoms with Crippen molar-refractivity contribution in [3.8, 4) is 0 Å². The molecular formula is C11H13NO. The predicted octanol–water partition coefficient (Wildman–Crippen LogP) is 1.83. The highest BCUT2D eigenvalue weighted by Crippen LogP contribution is 2.13. The largest absolute Gasteiger partial charge is 0.324 e. The molecule has 0 radical (unpaired) electrons. The monoisotopic (exact) mass is 175 g/mol. The Morgan fingerprint density at radius 1 is 1.46 bits per heavy atom. The van der Waals surface area contributed by atoms with Crippen LogP contribution in [-0.4, -0.2) is 5.78 Å². The Bertz CT molecular complexity index is 292. The Kier molecular flexibility index (Phi) is 3.41. The zero-order valence-corrected chi connectivity index (χ0v) is 7.44. The molecule has 0 heterocycles. The molecule has 0 spiro atoms. The van der Waals surface area contributed by atoms with Gasteiger partial charge in [-0.2, -0.15) is 0 Å². The van der Waals surface area contributed by atoms with Gasteiger partial charge in [0, 0.05) is 12.5 Å². The van der Waals surface area contributed by atoms with Crippen LogP contribution in [0, 0.1) is 0 Å². The van der Waals surface area contributed by atoms with E-state index in [1.807, 2.05) is 30.3 Å². The average Bonchev–Trinajstić information content (AvgIpc) is 2.19. The number of hydrogen-bond acceptors (Lipinski definition) is 2. The molecule has 0 saturated heterocycles. The molecule has 68 valence electrons. The normalized spacial score (nSPS) is 12.1. The van der Waals surface area contributed by atoms with Crippen LogP contribution in [0.4, 0.5) is 0 Å². The Balaban J connectivity index is 2.63. The summed E-state index contributed by atoms with van der Waals surface area (Å²) in [5, 5.41) is 0. The first-order chi connectivity index (χ1) is 6.24. The first kappa shape index (κ1) is 9.68. The van der Waals surface area contributed by atoms with Crippen LogP contribution < -0.4 is 5.73 Å². The van der Waals surface area contributed by atoms with Crippen LogP contribution in [0.15, 0.2) is 43.0 Å². The molecule has 1 aromatic rings. The molecule has 0 bridgehead atoms. The molecule has 1 rings (SSSR count). The summed E-state index contributed by atoms with van der Waals surface area (Å²) in [5.41, 5.74) is 6.79. The highest BCUT2D eigenvalue weighted by atomic mass is 16.1. The van der Waals surface area contributed by atoms with E-state index in [0.29, 0.717) is 6.42 Å². The van der Waals surface area contributed by atoms with Crippen molar-refractivity contribution in [3.63, 3.8) is 0 Å². The van der Waals surface area contributed by atoms with Gasteiger partial charge < -0.3 is 5.73 Å². The van der Waals surface area contributed by atoms with E-state index < -0.39 is 0 Å². The standard InChI is InChI=1S/C11H13NO/c1-2-10(13)8-11(12)9-6-4-3-5-7-9/h2-7,11H,1,8,12H2. The summed E-state index contributed by atoms with van der Waals surface area (Å²) in [6.07, 6.45) is 1.64. The van der Waals surface area contributed by atoms with E-state index in [0.717, 1.165) is 5.56 Å². The molecule has 0 amide bonds. The van der Waals surface area contributed by atoms with E-state index in [4.69, 9.17) is 5.73 Å². The molecule has 0 saturated carbocycles. The van der Waals surface area contributed by atoms with Gasteiger partial charge >= 0.3 is 0 Å². The van der Waals surface area contributed by atoms with Crippen molar-refractivity contribution in [3.05, 3.63) is 48.6 Å². The fourth-order valence-electron chi connectivity index (χ4n) is 1.12. The highest BCUT2D eigenvalue weighted by Gasteiger charge is 2.07. The number of ketones is 1. The number of benzene rings is 1. The second kappa shape index (κ2) is 4.58. The summed E-state index contributed by atoms with van der Waals surface area (Å²) >= 11 is 0. The maximum atomic E-state index is 11.0. The minimum atomic E-state index is -0.216. The van der Waals surface area contributed by atoms with Crippen LogP contribution in [0.2, 0.25) is 0 Å². The fourth-order valence-corrected chi connectivity index (χ4v) is 1.12. The number of hydrogen-bond donors (Lipinski definition) is 1. The summed E-state index contributed by atoms with van der Waals surface area (Å²) in [4.78, 5) is 11.0. The zero-order valence-electron chi connectivity index (χ0n) is 7.44. The van der Waals surface area contributed by atoms with Crippen molar-refractivity contribution in [1.29, 1.82) is 0 Å². The molecule has 0 aliphatic carbocycles. The topological polar surface area (TPSA) is 43.1 Å². The van der Waals surface area contributed by atoms with Crippen molar-refractivity contribution in [1.82, 2.24) is 0 Å². The minimum Gasteiger partial charge on any atom is -0.324 e. The summed E-state index contributed by atoms with van der Waals surface area (Å²) in [6, 6.07) is 9.36. The molecule has 0 aliphatic heterocycles. The Morgan fingerprint density at radius 3 is 2.62 bits per heavy atom. The molecule has 0 aliphatic rings. The van der Waals surface area contributed by atoms with Gasteiger partial charge in [-0.15, -0.1) is 0 Å². The molecular weight excluding hydrogens is 162 g/mol. The average molecular weight is 175 g/mol. The van der Waals surface area contributed by atoms with Crippen LogP contribution in [0.3, 0.4) is 0 Å². The van der Waals surface area contributed by atoms with Gasteiger partial charge in [-0.1, -0.05) is 36.9 Å². The smallest absolute Gasteiger partial charge is 0.156 e. The predicted molar refractivity (Wildman–Crippen MR) is 53.2 cm³/mol. The molecule has 1 unspecified atom stereocenters. The maximum absolute atomic E-state index is 11.0. The van der Waals surface area contributed by atoms with Crippen LogP contribution in [-0.2, 0) is 4.79 Å². The zero-order chi connectivity index (χ0) is 9.68. The SMILES string of the molecule is C=CC(=O)CC(N)c1ccccc1. The van der Waals surface area contributed by atoms with Crippen LogP contribution in [0.5, 0.6) is 0 Å². The molecule has 1 aromatic carbocycles. The molecule has 13 heavy (non-hydrogen) atoms. The van der Waals surface area contributed by atoms with E-state index >= 15 is 0 Å². The van der Waals surface area contributed by atoms with Crippen molar-refractivity contribution in [2.75, 3.05) is 0 Å². The summed E-state index contributed by atoms with van der Waals surface area (Å²) in [7, 11) is 0. The van der Waals surface area contributed by atoms with E-state index in [1.54, 1.807) is 0 Å². The number of allylic oxidation sites excluding steroid dienone is 1. The number of carbonyl (C=O) groups is 1. The lowest BCUT2D eigenvalue weighted by atomic mass is 10.0. The van der Waals surface area contributed by atoms with Gasteiger partial charge in [0.15, 0.2) is 5.78 Å². The number of rotatable bonds is 4. The van der Waals surface area contributed by atoms with E-state index in [2.05, 4.69) is 6.58 Å². The lowest BCUT2D eigenvalue weighted by Gasteiger charge is -2.08. The fraction of sp³-hybridized carbons (Fsp3) is 0.182. The van der Waals surface area contributed by atoms with Gasteiger partial charge in [0.1, 0.15) is 0 Å². The molecule has 2 heteroatoms. The van der Waals surface area contributed by atoms with Crippen molar-refractivity contribution in [2.24, 2.45) is 5.73 Å². The summed E-state index contributed by atoms with van der Waals surface area (Å²) in [6.45, 7) is 3.40. The maximum Gasteiger partial charge on any atom is 0.156 e. The number of nitrogens with two attached hydrogens (primary N) is 1. The molecule has 2 N–H and O–H groups in total. The van der Waals surface area contributed by atoms with Crippen molar-refractivity contribution >= 4 is 5.78 Å². The number of carbonyl (C=O) groups excluding carboxylic acids is 1. The first-order valence-corrected chi connectivity index (χ1v) is 4.20. The van der Waals surface area contributed by atoms with Gasteiger partial charge in [-0.3, -0.25) is 4.79 Å². The third-order valence-corrected chi connectivity index (χ3v) is 1.88. The molecule has 2 nitrogen and oxygen atoms in total. The summed E-state index contributed by atoms with van der Waals surface area (Å²) in [5.74, 6) is -0.0173. The molecule has 1 atom stereocenters. The quantitative estimate of drug-likeness (QED) is 0.709. The van der Waals surface area contributed by atoms with Crippen LogP contribution >= 0.6 is 0 Å². The summed E-state index contributed by atoms with van der Waals surface area (Å²) < 4.78 is 0. The van der Waals surface area contributed by atoms with Gasteiger partial charge in [-0.25, -0.2) is 0 Å². The Labute approximate surface area is 78.1 Å². The second-order valence-electron chi connectivity index (χ2n) is 2.89. The van der Waals surface area contributed by atoms with E-state index in [9.17, 15) is 4.79 Å². The van der Waals surface area contributed by atoms with Crippen LogP contribution in [0.25, 0.3) is 0 Å². The van der Waals surface area contributed by atoms with Gasteiger partial charge in [0.25, 0.3) is 0 Å². The third-order valence-electron chi connectivity index (χ3n) is 1.88. The lowest BCUT2D eigenvalue weighted by Crippen LogP contribution is -2.13. The van der Waals surface area contributed by atoms with Crippen LogP contribution in [0.1, 0.15) is 18.0 Å². The van der Waals surface area contributed by atoms with Gasteiger partial charge in [0.2, 0.25) is 0 Å². The first-order valence-electron chi connectivity index (χ1n) is 4.20. The van der Waals surface area contributed by atoms with Crippen molar-refractivity contribution in [2.45, 2.75) is 12.5 Å². The minimum absolute atomic E-state index is 0.0173. The Morgan fingerprint density at radius 2 is 2.08 bits per heavy atom. The Hall–Kier alpha value is -1.41. The van der Waals surface area contributed by atoms with Gasteiger partial charge in [0.05, 0.1) is 0 Å². The van der Waals surface area contributed by atoms with Gasteiger partial charge in [-0.05, 0) is 11.6 Å². The molecule has 0 aromatic heterocycles. The third kappa shape index (κ3) is 2.84. The van der Waals surface area contributed by atoms with E-state index in [-0.39, 0.29) is 11.8 Å². The second-order valence-corrected chi connectivity index (χ2v) is 2.89. The highest BCUT2D eigenvalue weighted by molar-refractivity contribution is 5.89. The van der Waals surface area contributed by atoms with E-state index in [1.165, 1.54) is 6.08 Å². The van der Waals surface area contributed by atoms with Crippen molar-refractivity contribution < 1.29 is 4.79 Å². The lowest BCUT2D eigenvalue weighted by molar-refractivity contribution is -0.114. The molecule has 0 fully saturated rings.